The van der Waals surface area contributed by atoms with Crippen molar-refractivity contribution in [1.82, 2.24) is 14.9 Å². The Balaban J connectivity index is 1.39. The number of halogens is 1. The summed E-state index contributed by atoms with van der Waals surface area (Å²) < 4.78 is 5.71. The van der Waals surface area contributed by atoms with Crippen LogP contribution in [0.2, 0.25) is 5.02 Å². The van der Waals surface area contributed by atoms with Gasteiger partial charge in [0.15, 0.2) is 0 Å². The number of benzene rings is 2. The van der Waals surface area contributed by atoms with Crippen molar-refractivity contribution in [3.05, 3.63) is 82.3 Å². The van der Waals surface area contributed by atoms with Gasteiger partial charge < -0.3 is 14.7 Å². The molecule has 180 valence electrons. The monoisotopic (exact) mass is 480 g/mol. The Labute approximate surface area is 207 Å². The van der Waals surface area contributed by atoms with Gasteiger partial charge in [-0.2, -0.15) is 0 Å². The second-order valence-electron chi connectivity index (χ2n) is 8.74. The van der Waals surface area contributed by atoms with Crippen molar-refractivity contribution in [1.29, 1.82) is 0 Å². The number of aromatic nitrogens is 2. The van der Waals surface area contributed by atoms with Crippen LogP contribution in [0, 0.1) is 6.92 Å². The van der Waals surface area contributed by atoms with Gasteiger partial charge in [0.2, 0.25) is 0 Å². The van der Waals surface area contributed by atoms with E-state index in [4.69, 9.17) is 26.3 Å². The van der Waals surface area contributed by atoms with Crippen molar-refractivity contribution in [3.63, 3.8) is 0 Å². The summed E-state index contributed by atoms with van der Waals surface area (Å²) in [6.45, 7) is 8.46. The van der Waals surface area contributed by atoms with Crippen molar-refractivity contribution in [2.75, 3.05) is 44.2 Å². The van der Waals surface area contributed by atoms with E-state index in [9.17, 15) is 5.11 Å². The lowest BCUT2D eigenvalue weighted by Gasteiger charge is -2.37. The van der Waals surface area contributed by atoms with Crippen LogP contribution in [0.4, 0.5) is 5.82 Å². The molecule has 1 fully saturated rings. The molecule has 2 aromatic carbocycles. The molecule has 6 nitrogen and oxygen atoms in total. The van der Waals surface area contributed by atoms with E-state index in [1.165, 1.54) is 11.1 Å². The van der Waals surface area contributed by atoms with Crippen LogP contribution >= 0.6 is 11.6 Å². The number of aliphatic hydroxyl groups excluding tert-OH is 1. The molecule has 0 amide bonds. The second kappa shape index (κ2) is 11.6. The number of hydrogen-bond donors (Lipinski definition) is 1. The molecule has 0 aliphatic carbocycles. The molecule has 1 N–H and O–H groups in total. The molecule has 1 saturated heterocycles. The molecular formula is C27H33ClN4O2. The van der Waals surface area contributed by atoms with E-state index in [0.717, 1.165) is 67.1 Å². The first-order valence-electron chi connectivity index (χ1n) is 12.0. The summed E-state index contributed by atoms with van der Waals surface area (Å²) in [6, 6.07) is 17.6. The molecule has 3 aromatic rings. The molecule has 1 aliphatic heterocycles. The minimum absolute atomic E-state index is 0.292. The van der Waals surface area contributed by atoms with Gasteiger partial charge in [-0.3, -0.25) is 4.90 Å². The highest BCUT2D eigenvalue weighted by molar-refractivity contribution is 6.30. The van der Waals surface area contributed by atoms with Gasteiger partial charge in [0.25, 0.3) is 0 Å². The molecule has 1 unspecified atom stereocenters. The number of nitrogens with zero attached hydrogens (tertiary/aromatic N) is 4. The van der Waals surface area contributed by atoms with E-state index in [-0.39, 0.29) is 0 Å². The van der Waals surface area contributed by atoms with E-state index in [0.29, 0.717) is 13.2 Å². The molecule has 1 aromatic heterocycles. The molecular weight excluding hydrogens is 448 g/mol. The van der Waals surface area contributed by atoms with Crippen LogP contribution in [-0.4, -0.2) is 65.4 Å². The smallest absolute Gasteiger partial charge is 0.136 e. The van der Waals surface area contributed by atoms with E-state index in [1.54, 1.807) is 0 Å². The summed E-state index contributed by atoms with van der Waals surface area (Å²) in [6.07, 6.45) is 1.12. The quantitative estimate of drug-likeness (QED) is 0.496. The number of β-amino-alcohol motifs (C(OH)–C–C–N with tert-alkyl or cyclic N) is 1. The molecule has 0 spiro atoms. The number of anilines is 1. The Morgan fingerprint density at radius 3 is 2.38 bits per heavy atom. The van der Waals surface area contributed by atoms with Gasteiger partial charge in [0, 0.05) is 55.4 Å². The number of piperazine rings is 1. The number of ether oxygens (including phenoxy) is 1. The van der Waals surface area contributed by atoms with Gasteiger partial charge in [-0.25, -0.2) is 9.97 Å². The lowest BCUT2D eigenvalue weighted by atomic mass is 10.0. The van der Waals surface area contributed by atoms with Gasteiger partial charge in [-0.1, -0.05) is 48.9 Å². The van der Waals surface area contributed by atoms with Gasteiger partial charge in [-0.15, -0.1) is 0 Å². The summed E-state index contributed by atoms with van der Waals surface area (Å²) in [5.41, 5.74) is 3.50. The average Bonchev–Trinajstić information content (AvgIpc) is 2.86. The molecule has 0 saturated carbocycles. The maximum Gasteiger partial charge on any atom is 0.136 e. The van der Waals surface area contributed by atoms with Crippen LogP contribution in [0.25, 0.3) is 0 Å². The van der Waals surface area contributed by atoms with Crippen LogP contribution in [0.5, 0.6) is 5.75 Å². The third-order valence-corrected chi connectivity index (χ3v) is 6.39. The van der Waals surface area contributed by atoms with E-state index in [1.807, 2.05) is 49.4 Å². The first kappa shape index (κ1) is 24.5. The Hall–Kier alpha value is -2.67. The topological polar surface area (TPSA) is 61.7 Å². The standard InChI is InChI=1S/C27H33ClN4O2/c1-3-26-25(17-21-9-11-22(28)12-10-21)27(30-20(2)29-26)32-15-13-31(14-16-32)18-23(33)19-34-24-7-5-4-6-8-24/h4-12,23,33H,3,13-19H2,1-2H3. The second-order valence-corrected chi connectivity index (χ2v) is 9.18. The Kier molecular flexibility index (Phi) is 8.38. The minimum Gasteiger partial charge on any atom is -0.491 e. The molecule has 1 aliphatic rings. The number of aryl methyl sites for hydroxylation is 2. The first-order chi connectivity index (χ1) is 16.5. The summed E-state index contributed by atoms with van der Waals surface area (Å²) >= 11 is 6.08. The van der Waals surface area contributed by atoms with E-state index in [2.05, 4.69) is 28.9 Å². The third-order valence-electron chi connectivity index (χ3n) is 6.14. The largest absolute Gasteiger partial charge is 0.491 e. The van der Waals surface area contributed by atoms with E-state index >= 15 is 0 Å². The predicted molar refractivity (Wildman–Crippen MR) is 137 cm³/mol. The maximum atomic E-state index is 10.5. The Morgan fingerprint density at radius 1 is 1.00 bits per heavy atom. The van der Waals surface area contributed by atoms with E-state index < -0.39 is 6.10 Å². The number of hydrogen-bond acceptors (Lipinski definition) is 6. The van der Waals surface area contributed by atoms with Crippen molar-refractivity contribution in [2.45, 2.75) is 32.8 Å². The third kappa shape index (κ3) is 6.47. The maximum absolute atomic E-state index is 10.5. The summed E-state index contributed by atoms with van der Waals surface area (Å²) in [7, 11) is 0. The minimum atomic E-state index is -0.528. The lowest BCUT2D eigenvalue weighted by molar-refractivity contribution is 0.0662. The first-order valence-corrected chi connectivity index (χ1v) is 12.3. The number of para-hydroxylation sites is 1. The fourth-order valence-electron chi connectivity index (χ4n) is 4.38. The van der Waals surface area contributed by atoms with Gasteiger partial charge >= 0.3 is 0 Å². The van der Waals surface area contributed by atoms with Gasteiger partial charge in [0.05, 0.1) is 0 Å². The highest BCUT2D eigenvalue weighted by atomic mass is 35.5. The van der Waals surface area contributed by atoms with Crippen molar-refractivity contribution >= 4 is 17.4 Å². The normalized spacial score (nSPS) is 15.4. The summed E-state index contributed by atoms with van der Waals surface area (Å²) in [5.74, 6) is 2.62. The fourth-order valence-corrected chi connectivity index (χ4v) is 4.51. The summed E-state index contributed by atoms with van der Waals surface area (Å²) in [4.78, 5) is 14.3. The van der Waals surface area contributed by atoms with Crippen LogP contribution in [-0.2, 0) is 12.8 Å². The molecule has 4 rings (SSSR count). The summed E-state index contributed by atoms with van der Waals surface area (Å²) in [5, 5.41) is 11.2. The van der Waals surface area contributed by atoms with Crippen LogP contribution < -0.4 is 9.64 Å². The highest BCUT2D eigenvalue weighted by Crippen LogP contribution is 2.26. The molecule has 2 heterocycles. The zero-order chi connectivity index (χ0) is 23.9. The highest BCUT2D eigenvalue weighted by Gasteiger charge is 2.24. The van der Waals surface area contributed by atoms with Crippen LogP contribution in [0.1, 0.15) is 29.6 Å². The lowest BCUT2D eigenvalue weighted by Crippen LogP contribution is -2.49. The Bertz CT molecular complexity index is 1050. The SMILES string of the molecule is CCc1nc(C)nc(N2CCN(CC(O)COc3ccccc3)CC2)c1Cc1ccc(Cl)cc1. The molecule has 0 radical (unpaired) electrons. The number of aliphatic hydroxyl groups is 1. The predicted octanol–water partition coefficient (Wildman–Crippen LogP) is 4.15. The van der Waals surface area contributed by atoms with Crippen molar-refractivity contribution in [2.24, 2.45) is 0 Å². The van der Waals surface area contributed by atoms with Gasteiger partial charge in [0.1, 0.15) is 30.1 Å². The number of rotatable bonds is 9. The van der Waals surface area contributed by atoms with Crippen molar-refractivity contribution in [3.8, 4) is 5.75 Å². The van der Waals surface area contributed by atoms with Crippen LogP contribution in [0.3, 0.4) is 0 Å². The zero-order valence-electron chi connectivity index (χ0n) is 20.0. The van der Waals surface area contributed by atoms with Crippen LogP contribution in [0.15, 0.2) is 54.6 Å². The molecule has 1 atom stereocenters. The average molecular weight is 481 g/mol. The molecule has 0 bridgehead atoms. The zero-order valence-corrected chi connectivity index (χ0v) is 20.7. The van der Waals surface area contributed by atoms with Crippen molar-refractivity contribution < 1.29 is 9.84 Å². The van der Waals surface area contributed by atoms with Gasteiger partial charge in [-0.05, 0) is 43.2 Å². The Morgan fingerprint density at radius 2 is 1.71 bits per heavy atom. The molecule has 34 heavy (non-hydrogen) atoms. The molecule has 7 heteroatoms. The fraction of sp³-hybridized carbons (Fsp3) is 0.407.